The third-order valence-electron chi connectivity index (χ3n) is 5.19. The number of Topliss-reactive ketones (excluding diaryl/α,β-unsaturated/α-hetero) is 1. The van der Waals surface area contributed by atoms with Gasteiger partial charge in [0.25, 0.3) is 0 Å². The van der Waals surface area contributed by atoms with E-state index in [0.29, 0.717) is 18.9 Å². The lowest BCUT2D eigenvalue weighted by Gasteiger charge is -2.44. The Kier molecular flexibility index (Phi) is 5.60. The molecule has 0 radical (unpaired) electrons. The Bertz CT molecular complexity index is 484. The van der Waals surface area contributed by atoms with E-state index in [9.17, 15) is 9.59 Å². The zero-order valence-electron chi connectivity index (χ0n) is 14.2. The second-order valence-electron chi connectivity index (χ2n) is 6.99. The van der Waals surface area contributed by atoms with Gasteiger partial charge in [0.15, 0.2) is 5.78 Å². The number of carbonyl (C=O) groups is 2. The van der Waals surface area contributed by atoms with E-state index in [2.05, 4.69) is 26.0 Å². The highest BCUT2D eigenvalue weighted by Crippen LogP contribution is 2.36. The molecular weight excluding hydrogens is 274 g/mol. The Morgan fingerprint density at radius 1 is 1.32 bits per heavy atom. The predicted octanol–water partition coefficient (Wildman–Crippen LogP) is 4.04. The summed E-state index contributed by atoms with van der Waals surface area (Å²) in [6, 6.07) is 0. The van der Waals surface area contributed by atoms with Gasteiger partial charge in [-0.2, -0.15) is 0 Å². The van der Waals surface area contributed by atoms with Crippen LogP contribution in [0.25, 0.3) is 0 Å². The molecule has 0 bridgehead atoms. The van der Waals surface area contributed by atoms with Gasteiger partial charge >= 0.3 is 0 Å². The highest BCUT2D eigenvalue weighted by Gasteiger charge is 2.43. The van der Waals surface area contributed by atoms with E-state index in [-0.39, 0.29) is 5.78 Å². The molecule has 0 aliphatic heterocycles. The Balaban J connectivity index is 2.19. The summed E-state index contributed by atoms with van der Waals surface area (Å²) in [5.41, 5.74) is 2.08. The number of rotatable bonds is 6. The second-order valence-corrected chi connectivity index (χ2v) is 6.99. The van der Waals surface area contributed by atoms with Crippen LogP contribution in [0.1, 0.15) is 65.7 Å². The summed E-state index contributed by atoms with van der Waals surface area (Å²) < 4.78 is 0. The van der Waals surface area contributed by atoms with Crippen LogP contribution >= 0.6 is 0 Å². The third-order valence-corrected chi connectivity index (χ3v) is 5.19. The van der Waals surface area contributed by atoms with Gasteiger partial charge in [0.2, 0.25) is 6.41 Å². The predicted molar refractivity (Wildman–Crippen MR) is 89.5 cm³/mol. The summed E-state index contributed by atoms with van der Waals surface area (Å²) in [5.74, 6) is 0.571. The summed E-state index contributed by atoms with van der Waals surface area (Å²) in [6.45, 7) is 6.83. The van der Waals surface area contributed by atoms with E-state index in [4.69, 9.17) is 0 Å². The molecule has 1 unspecified atom stereocenters. The molecule has 1 saturated carbocycles. The van der Waals surface area contributed by atoms with Gasteiger partial charge in [-0.1, -0.05) is 49.5 Å². The van der Waals surface area contributed by atoms with Gasteiger partial charge in [-0.25, -0.2) is 0 Å². The Hall–Kier alpha value is -1.38. The number of nitrogens with zero attached hydrogens (tertiary/aromatic N) is 1. The minimum Gasteiger partial charge on any atom is -0.332 e. The minimum atomic E-state index is -0.536. The molecule has 0 aromatic carbocycles. The molecule has 0 aromatic rings. The standard InChI is InChI=1S/C19H29NO2/c1-4-18(22)19(8-6-5-7-9-19)20(14-21)13-17-11-15(2)10-16(3)12-17/h10-11,14,17H,4-9,12-13H2,1-3H3. The van der Waals surface area contributed by atoms with Crippen LogP contribution in [0.3, 0.4) is 0 Å². The first kappa shape index (κ1) is 17.0. The molecule has 1 atom stereocenters. The Morgan fingerprint density at radius 2 is 2.00 bits per heavy atom. The van der Waals surface area contributed by atoms with Crippen molar-refractivity contribution in [1.82, 2.24) is 4.90 Å². The second kappa shape index (κ2) is 7.26. The summed E-state index contributed by atoms with van der Waals surface area (Å²) in [5, 5.41) is 0. The van der Waals surface area contributed by atoms with Crippen LogP contribution in [0.15, 0.2) is 23.3 Å². The van der Waals surface area contributed by atoms with Crippen molar-refractivity contribution in [2.45, 2.75) is 71.3 Å². The highest BCUT2D eigenvalue weighted by molar-refractivity contribution is 5.90. The summed E-state index contributed by atoms with van der Waals surface area (Å²) in [7, 11) is 0. The average Bonchev–Trinajstić information content (AvgIpc) is 2.51. The van der Waals surface area contributed by atoms with E-state index < -0.39 is 5.54 Å². The maximum Gasteiger partial charge on any atom is 0.210 e. The van der Waals surface area contributed by atoms with Crippen LogP contribution in [-0.2, 0) is 9.59 Å². The molecule has 1 fully saturated rings. The van der Waals surface area contributed by atoms with Gasteiger partial charge in [0.1, 0.15) is 5.54 Å². The number of amides is 1. The lowest BCUT2D eigenvalue weighted by Crippen LogP contribution is -2.56. The van der Waals surface area contributed by atoms with Crippen molar-refractivity contribution in [2.24, 2.45) is 5.92 Å². The van der Waals surface area contributed by atoms with Gasteiger partial charge in [0.05, 0.1) is 0 Å². The number of carbonyl (C=O) groups excluding carboxylic acids is 2. The largest absolute Gasteiger partial charge is 0.332 e. The molecule has 2 aliphatic rings. The van der Waals surface area contributed by atoms with E-state index in [1.165, 1.54) is 17.6 Å². The number of allylic oxidation sites excluding steroid dienone is 3. The van der Waals surface area contributed by atoms with Crippen LogP contribution in [0.5, 0.6) is 0 Å². The first-order valence-corrected chi connectivity index (χ1v) is 8.63. The van der Waals surface area contributed by atoms with Crippen molar-refractivity contribution in [2.75, 3.05) is 6.54 Å². The summed E-state index contributed by atoms with van der Waals surface area (Å²) in [4.78, 5) is 26.3. The number of ketones is 1. The molecule has 1 amide bonds. The number of hydrogen-bond acceptors (Lipinski definition) is 2. The lowest BCUT2D eigenvalue weighted by atomic mass is 9.76. The lowest BCUT2D eigenvalue weighted by molar-refractivity contribution is -0.142. The molecule has 0 saturated heterocycles. The fraction of sp³-hybridized carbons (Fsp3) is 0.684. The van der Waals surface area contributed by atoms with Gasteiger partial charge < -0.3 is 4.90 Å². The van der Waals surface area contributed by atoms with Gasteiger partial charge in [-0.15, -0.1) is 0 Å². The van der Waals surface area contributed by atoms with Crippen molar-refractivity contribution in [3.05, 3.63) is 23.3 Å². The maximum atomic E-state index is 12.6. The van der Waals surface area contributed by atoms with Crippen LogP contribution in [0, 0.1) is 5.92 Å². The molecule has 2 rings (SSSR count). The maximum absolute atomic E-state index is 12.6. The van der Waals surface area contributed by atoms with Gasteiger partial charge in [-0.05, 0) is 39.0 Å². The summed E-state index contributed by atoms with van der Waals surface area (Å²) >= 11 is 0. The normalized spacial score (nSPS) is 24.2. The van der Waals surface area contributed by atoms with Crippen molar-refractivity contribution in [3.63, 3.8) is 0 Å². The SMILES string of the molecule is CCC(=O)C1(N(C=O)CC2C=C(C)C=C(C)C2)CCCCC1. The molecular formula is C19H29NO2. The van der Waals surface area contributed by atoms with Crippen LogP contribution in [-0.4, -0.2) is 29.2 Å². The van der Waals surface area contributed by atoms with Gasteiger partial charge in [-0.3, -0.25) is 9.59 Å². The average molecular weight is 303 g/mol. The Labute approximate surface area is 134 Å². The van der Waals surface area contributed by atoms with Crippen molar-refractivity contribution in [1.29, 1.82) is 0 Å². The topological polar surface area (TPSA) is 37.4 Å². The molecule has 2 aliphatic carbocycles. The van der Waals surface area contributed by atoms with E-state index in [1.807, 2.05) is 11.8 Å². The van der Waals surface area contributed by atoms with Gasteiger partial charge in [0, 0.05) is 13.0 Å². The van der Waals surface area contributed by atoms with E-state index in [0.717, 1.165) is 38.5 Å². The monoisotopic (exact) mass is 303 g/mol. The zero-order valence-corrected chi connectivity index (χ0v) is 14.2. The molecule has 0 spiro atoms. The molecule has 0 heterocycles. The van der Waals surface area contributed by atoms with Crippen molar-refractivity contribution >= 4 is 12.2 Å². The van der Waals surface area contributed by atoms with Crippen LogP contribution in [0.4, 0.5) is 0 Å². The molecule has 0 aromatic heterocycles. The van der Waals surface area contributed by atoms with Crippen LogP contribution < -0.4 is 0 Å². The number of hydrogen-bond donors (Lipinski definition) is 0. The first-order chi connectivity index (χ1) is 10.5. The van der Waals surface area contributed by atoms with Crippen LogP contribution in [0.2, 0.25) is 0 Å². The fourth-order valence-corrected chi connectivity index (χ4v) is 4.22. The fourth-order valence-electron chi connectivity index (χ4n) is 4.22. The zero-order chi connectivity index (χ0) is 16.2. The third kappa shape index (κ3) is 3.50. The quantitative estimate of drug-likeness (QED) is 0.694. The highest BCUT2D eigenvalue weighted by atomic mass is 16.2. The van der Waals surface area contributed by atoms with E-state index in [1.54, 1.807) is 0 Å². The smallest absolute Gasteiger partial charge is 0.210 e. The molecule has 3 heteroatoms. The summed E-state index contributed by atoms with van der Waals surface area (Å²) in [6.07, 6.45) is 11.8. The van der Waals surface area contributed by atoms with Crippen molar-refractivity contribution in [3.8, 4) is 0 Å². The molecule has 22 heavy (non-hydrogen) atoms. The molecule has 0 N–H and O–H groups in total. The molecule has 3 nitrogen and oxygen atoms in total. The first-order valence-electron chi connectivity index (χ1n) is 8.63. The van der Waals surface area contributed by atoms with Crippen molar-refractivity contribution < 1.29 is 9.59 Å². The minimum absolute atomic E-state index is 0.239. The molecule has 122 valence electrons. The van der Waals surface area contributed by atoms with E-state index >= 15 is 0 Å². The Morgan fingerprint density at radius 3 is 2.55 bits per heavy atom.